The molecule has 1 aromatic heterocycles. The van der Waals surface area contributed by atoms with Gasteiger partial charge in [0.05, 0.1) is 17.9 Å². The van der Waals surface area contributed by atoms with E-state index in [-0.39, 0.29) is 5.91 Å². The SMILES string of the molecule is CCCN(Cc1ccc(C#N)cc1)C(=O)c1ccco1. The zero-order valence-corrected chi connectivity index (χ0v) is 11.4. The molecule has 0 spiro atoms. The second-order valence-corrected chi connectivity index (χ2v) is 4.51. The minimum atomic E-state index is -0.110. The molecule has 0 aliphatic rings. The van der Waals surface area contributed by atoms with Gasteiger partial charge in [-0.2, -0.15) is 5.26 Å². The third kappa shape index (κ3) is 3.27. The Morgan fingerprint density at radius 2 is 2.05 bits per heavy atom. The summed E-state index contributed by atoms with van der Waals surface area (Å²) in [5.74, 6) is 0.244. The average Bonchev–Trinajstić information content (AvgIpc) is 3.01. The zero-order valence-electron chi connectivity index (χ0n) is 11.4. The first kappa shape index (κ1) is 13.9. The Hall–Kier alpha value is -2.54. The van der Waals surface area contributed by atoms with Gasteiger partial charge in [-0.3, -0.25) is 4.79 Å². The molecule has 0 saturated carbocycles. The van der Waals surface area contributed by atoms with Crippen molar-refractivity contribution in [2.24, 2.45) is 0 Å². The number of nitriles is 1. The van der Waals surface area contributed by atoms with Gasteiger partial charge in [0.25, 0.3) is 5.91 Å². The molecule has 4 nitrogen and oxygen atoms in total. The molecule has 0 bridgehead atoms. The maximum absolute atomic E-state index is 12.3. The monoisotopic (exact) mass is 268 g/mol. The fourth-order valence-electron chi connectivity index (χ4n) is 1.98. The molecule has 1 amide bonds. The van der Waals surface area contributed by atoms with Crippen LogP contribution in [0.15, 0.2) is 47.1 Å². The smallest absolute Gasteiger partial charge is 0.289 e. The van der Waals surface area contributed by atoms with E-state index in [0.717, 1.165) is 12.0 Å². The van der Waals surface area contributed by atoms with Gasteiger partial charge in [0.2, 0.25) is 0 Å². The predicted molar refractivity (Wildman–Crippen MR) is 74.9 cm³/mol. The molecule has 20 heavy (non-hydrogen) atoms. The number of carbonyl (C=O) groups excluding carboxylic acids is 1. The molecule has 0 fully saturated rings. The average molecular weight is 268 g/mol. The zero-order chi connectivity index (χ0) is 14.4. The van der Waals surface area contributed by atoms with E-state index in [1.54, 1.807) is 29.2 Å². The number of rotatable bonds is 5. The highest BCUT2D eigenvalue weighted by Gasteiger charge is 2.17. The van der Waals surface area contributed by atoms with Gasteiger partial charge in [0, 0.05) is 13.1 Å². The first-order chi connectivity index (χ1) is 9.74. The van der Waals surface area contributed by atoms with Gasteiger partial charge in [0.15, 0.2) is 5.76 Å². The van der Waals surface area contributed by atoms with Crippen molar-refractivity contribution in [3.05, 3.63) is 59.5 Å². The fourth-order valence-corrected chi connectivity index (χ4v) is 1.98. The Balaban J connectivity index is 2.12. The highest BCUT2D eigenvalue weighted by Crippen LogP contribution is 2.12. The number of nitrogens with zero attached hydrogens (tertiary/aromatic N) is 2. The van der Waals surface area contributed by atoms with Crippen LogP contribution in [0.25, 0.3) is 0 Å². The van der Waals surface area contributed by atoms with E-state index in [9.17, 15) is 4.79 Å². The van der Waals surface area contributed by atoms with E-state index >= 15 is 0 Å². The molecule has 0 radical (unpaired) electrons. The van der Waals surface area contributed by atoms with Crippen molar-refractivity contribution in [1.82, 2.24) is 4.90 Å². The van der Waals surface area contributed by atoms with E-state index in [2.05, 4.69) is 6.07 Å². The van der Waals surface area contributed by atoms with Gasteiger partial charge in [0.1, 0.15) is 0 Å². The number of hydrogen-bond donors (Lipinski definition) is 0. The molecule has 0 atom stereocenters. The Morgan fingerprint density at radius 3 is 2.60 bits per heavy atom. The maximum Gasteiger partial charge on any atom is 0.289 e. The van der Waals surface area contributed by atoms with Crippen molar-refractivity contribution < 1.29 is 9.21 Å². The summed E-state index contributed by atoms with van der Waals surface area (Å²) in [6.45, 7) is 3.21. The number of carbonyl (C=O) groups is 1. The van der Waals surface area contributed by atoms with Crippen LogP contribution < -0.4 is 0 Å². The van der Waals surface area contributed by atoms with Gasteiger partial charge in [-0.25, -0.2) is 0 Å². The van der Waals surface area contributed by atoms with Crippen molar-refractivity contribution in [3.8, 4) is 6.07 Å². The van der Waals surface area contributed by atoms with Crippen molar-refractivity contribution in [3.63, 3.8) is 0 Å². The van der Waals surface area contributed by atoms with E-state index in [4.69, 9.17) is 9.68 Å². The van der Waals surface area contributed by atoms with Crippen LogP contribution in [-0.4, -0.2) is 17.4 Å². The molecular weight excluding hydrogens is 252 g/mol. The number of hydrogen-bond acceptors (Lipinski definition) is 3. The van der Waals surface area contributed by atoms with Crippen LogP contribution in [0.1, 0.15) is 35.0 Å². The highest BCUT2D eigenvalue weighted by molar-refractivity contribution is 5.91. The Labute approximate surface area is 118 Å². The number of furan rings is 1. The summed E-state index contributed by atoms with van der Waals surface area (Å²) in [5.41, 5.74) is 1.62. The molecule has 2 aromatic rings. The summed E-state index contributed by atoms with van der Waals surface area (Å²) in [6.07, 6.45) is 2.38. The van der Waals surface area contributed by atoms with Crippen molar-refractivity contribution in [2.45, 2.75) is 19.9 Å². The molecule has 0 unspecified atom stereocenters. The molecular formula is C16H16N2O2. The van der Waals surface area contributed by atoms with Crippen molar-refractivity contribution in [1.29, 1.82) is 5.26 Å². The molecule has 1 aromatic carbocycles. The van der Waals surface area contributed by atoms with Crippen LogP contribution in [0.4, 0.5) is 0 Å². The van der Waals surface area contributed by atoms with Crippen LogP contribution in [0.2, 0.25) is 0 Å². The van der Waals surface area contributed by atoms with E-state index in [1.807, 2.05) is 19.1 Å². The summed E-state index contributed by atoms with van der Waals surface area (Å²) in [4.78, 5) is 14.1. The normalized spacial score (nSPS) is 10.0. The van der Waals surface area contributed by atoms with E-state index < -0.39 is 0 Å². The van der Waals surface area contributed by atoms with Crippen LogP contribution in [0, 0.1) is 11.3 Å². The standard InChI is InChI=1S/C16H16N2O2/c1-2-9-18(16(19)15-4-3-10-20-15)12-14-7-5-13(11-17)6-8-14/h3-8,10H,2,9,12H2,1H3. The molecule has 4 heteroatoms. The lowest BCUT2D eigenvalue weighted by atomic mass is 10.1. The number of benzene rings is 1. The van der Waals surface area contributed by atoms with Gasteiger partial charge in [-0.15, -0.1) is 0 Å². The highest BCUT2D eigenvalue weighted by atomic mass is 16.3. The first-order valence-corrected chi connectivity index (χ1v) is 6.56. The van der Waals surface area contributed by atoms with Gasteiger partial charge >= 0.3 is 0 Å². The van der Waals surface area contributed by atoms with Crippen LogP contribution in [0.5, 0.6) is 0 Å². The van der Waals surface area contributed by atoms with Crippen molar-refractivity contribution in [2.75, 3.05) is 6.54 Å². The molecule has 1 heterocycles. The van der Waals surface area contributed by atoms with Crippen LogP contribution >= 0.6 is 0 Å². The second kappa shape index (κ2) is 6.58. The molecule has 0 aliphatic carbocycles. The summed E-state index contributed by atoms with van der Waals surface area (Å²) >= 11 is 0. The molecule has 2 rings (SSSR count). The van der Waals surface area contributed by atoms with E-state index in [1.165, 1.54) is 6.26 Å². The maximum atomic E-state index is 12.3. The molecule has 0 aliphatic heterocycles. The number of amides is 1. The summed E-state index contributed by atoms with van der Waals surface area (Å²) in [6, 6.07) is 12.7. The van der Waals surface area contributed by atoms with Crippen LogP contribution in [0.3, 0.4) is 0 Å². The molecule has 0 N–H and O–H groups in total. The fraction of sp³-hybridized carbons (Fsp3) is 0.250. The van der Waals surface area contributed by atoms with Gasteiger partial charge in [-0.1, -0.05) is 19.1 Å². The lowest BCUT2D eigenvalue weighted by Crippen LogP contribution is -2.31. The summed E-state index contributed by atoms with van der Waals surface area (Å²) in [7, 11) is 0. The molecule has 0 saturated heterocycles. The third-order valence-corrected chi connectivity index (χ3v) is 2.97. The van der Waals surface area contributed by atoms with Crippen molar-refractivity contribution >= 4 is 5.91 Å². The minimum Gasteiger partial charge on any atom is -0.459 e. The second-order valence-electron chi connectivity index (χ2n) is 4.51. The lowest BCUT2D eigenvalue weighted by molar-refractivity contribution is 0.0711. The topological polar surface area (TPSA) is 57.2 Å². The van der Waals surface area contributed by atoms with Gasteiger partial charge in [-0.05, 0) is 36.2 Å². The quantitative estimate of drug-likeness (QED) is 0.836. The summed E-state index contributed by atoms with van der Waals surface area (Å²) in [5, 5.41) is 8.78. The lowest BCUT2D eigenvalue weighted by Gasteiger charge is -2.21. The Morgan fingerprint density at radius 1 is 1.30 bits per heavy atom. The predicted octanol–water partition coefficient (Wildman–Crippen LogP) is 3.20. The Bertz CT molecular complexity index is 594. The van der Waals surface area contributed by atoms with E-state index in [0.29, 0.717) is 24.4 Å². The van der Waals surface area contributed by atoms with Crippen LogP contribution in [-0.2, 0) is 6.54 Å². The molecule has 102 valence electrons. The Kier molecular flexibility index (Phi) is 4.56. The summed E-state index contributed by atoms with van der Waals surface area (Å²) < 4.78 is 5.16. The first-order valence-electron chi connectivity index (χ1n) is 6.56. The third-order valence-electron chi connectivity index (χ3n) is 2.97. The largest absolute Gasteiger partial charge is 0.459 e. The van der Waals surface area contributed by atoms with Gasteiger partial charge < -0.3 is 9.32 Å². The minimum absolute atomic E-state index is 0.110.